The van der Waals surface area contributed by atoms with Crippen molar-refractivity contribution in [2.75, 3.05) is 58.0 Å². The van der Waals surface area contributed by atoms with Crippen LogP contribution in [0.25, 0.3) is 0 Å². The van der Waals surface area contributed by atoms with E-state index in [4.69, 9.17) is 48.0 Å². The van der Waals surface area contributed by atoms with Crippen molar-refractivity contribution in [3.63, 3.8) is 0 Å². The Morgan fingerprint density at radius 2 is 1.62 bits per heavy atom. The zero-order valence-corrected chi connectivity index (χ0v) is 16.1. The Balaban J connectivity index is -0.000000266. The van der Waals surface area contributed by atoms with Crippen molar-refractivity contribution in [2.45, 2.75) is 32.8 Å². The first-order valence-electron chi connectivity index (χ1n) is 7.76. The highest BCUT2D eigenvalue weighted by Crippen LogP contribution is 1.98. The number of rotatable bonds is 7. The molecule has 24 heavy (non-hydrogen) atoms. The molecule has 0 aromatic rings. The second-order valence-corrected chi connectivity index (χ2v) is 5.10. The van der Waals surface area contributed by atoms with E-state index < -0.39 is 0 Å². The fourth-order valence-electron chi connectivity index (χ4n) is 0.921. The quantitative estimate of drug-likeness (QED) is 0.338. The Kier molecular flexibility index (Phi) is 33.0. The topological polar surface area (TPSA) is 105 Å². The number of hydrogen-bond acceptors (Lipinski definition) is 7. The second-order valence-electron chi connectivity index (χ2n) is 4.41. The Bertz CT molecular complexity index is 218. The molecule has 1 aliphatic rings. The molecule has 0 radical (unpaired) electrons. The maximum absolute atomic E-state index is 10.1. The summed E-state index contributed by atoms with van der Waals surface area (Å²) < 4.78 is 14.3. The zero-order chi connectivity index (χ0) is 19.1. The molecule has 1 unspecified atom stereocenters. The molecule has 0 spiro atoms. The molecular formula is C15H32Cl2O7. The molecule has 1 atom stereocenters. The molecule has 148 valence electrons. The monoisotopic (exact) mass is 394 g/mol. The molecule has 0 aromatic carbocycles. The van der Waals surface area contributed by atoms with Crippen LogP contribution in [0.15, 0.2) is 0 Å². The van der Waals surface area contributed by atoms with Gasteiger partial charge in [-0.3, -0.25) is 4.79 Å². The first kappa shape index (κ1) is 28.6. The van der Waals surface area contributed by atoms with Crippen LogP contribution in [0.2, 0.25) is 0 Å². The number of halogens is 2. The van der Waals surface area contributed by atoms with E-state index in [0.29, 0.717) is 25.0 Å². The summed E-state index contributed by atoms with van der Waals surface area (Å²) in [5.41, 5.74) is 0. The van der Waals surface area contributed by atoms with Gasteiger partial charge in [0.25, 0.3) is 0 Å². The number of carbonyl (C=O) groups is 1. The highest BCUT2D eigenvalue weighted by Gasteiger charge is 1.94. The van der Waals surface area contributed by atoms with E-state index in [2.05, 4.69) is 4.74 Å². The summed E-state index contributed by atoms with van der Waals surface area (Å²) in [5, 5.41) is 24.2. The molecule has 7 nitrogen and oxygen atoms in total. The van der Waals surface area contributed by atoms with E-state index in [-0.39, 0.29) is 31.9 Å². The van der Waals surface area contributed by atoms with Gasteiger partial charge in [0.1, 0.15) is 6.61 Å². The smallest absolute Gasteiger partial charge is 0.302 e. The van der Waals surface area contributed by atoms with Crippen LogP contribution in [-0.4, -0.2) is 85.4 Å². The molecule has 1 fully saturated rings. The molecule has 0 aliphatic carbocycles. The fourth-order valence-corrected chi connectivity index (χ4v) is 0.921. The molecule has 1 heterocycles. The Labute approximate surface area is 154 Å². The van der Waals surface area contributed by atoms with Gasteiger partial charge in [0.2, 0.25) is 0 Å². The Morgan fingerprint density at radius 1 is 1.12 bits per heavy atom. The van der Waals surface area contributed by atoms with Gasteiger partial charge in [0.15, 0.2) is 0 Å². The third-order valence-electron chi connectivity index (χ3n) is 1.90. The summed E-state index contributed by atoms with van der Waals surface area (Å²) in [4.78, 5) is 10.1. The maximum Gasteiger partial charge on any atom is 0.302 e. The van der Waals surface area contributed by atoms with Crippen molar-refractivity contribution in [1.29, 1.82) is 0 Å². The van der Waals surface area contributed by atoms with Gasteiger partial charge in [-0.05, 0) is 19.8 Å². The molecule has 9 heteroatoms. The Hall–Kier alpha value is -0.150. The van der Waals surface area contributed by atoms with Gasteiger partial charge in [0.05, 0.1) is 32.5 Å². The van der Waals surface area contributed by atoms with E-state index in [1.165, 1.54) is 19.8 Å². The number of esters is 1. The van der Waals surface area contributed by atoms with E-state index in [0.717, 1.165) is 13.2 Å². The molecule has 0 bridgehead atoms. The van der Waals surface area contributed by atoms with Crippen LogP contribution >= 0.6 is 23.2 Å². The largest absolute Gasteiger partial charge is 0.463 e. The number of alkyl halides is 2. The van der Waals surface area contributed by atoms with Crippen LogP contribution in [0.1, 0.15) is 26.7 Å². The number of hydrogen-bond donors (Lipinski definition) is 3. The minimum Gasteiger partial charge on any atom is -0.463 e. The molecule has 3 N–H and O–H groups in total. The normalized spacial score (nSPS) is 13.3. The predicted molar refractivity (Wildman–Crippen MR) is 94.8 cm³/mol. The lowest BCUT2D eigenvalue weighted by molar-refractivity contribution is -0.142. The van der Waals surface area contributed by atoms with Gasteiger partial charge in [-0.1, -0.05) is 0 Å². The average molecular weight is 395 g/mol. The summed E-state index contributed by atoms with van der Waals surface area (Å²) >= 11 is 10.0. The molecule has 0 aromatic heterocycles. The predicted octanol–water partition coefficient (Wildman–Crippen LogP) is 1.18. The van der Waals surface area contributed by atoms with Crippen LogP contribution in [0.3, 0.4) is 0 Å². The second kappa shape index (κ2) is 27.7. The summed E-state index contributed by atoms with van der Waals surface area (Å²) in [5.74, 6) is 0.368. The lowest BCUT2D eigenvalue weighted by Crippen LogP contribution is -2.09. The standard InChI is InChI=1S/C6H12O4.C4H8O.C3H7ClO.C2H5ClO/c1-6(8)10-5-4-9-3-2-7;1-2-4-5-3-1;1-3(5)2-4;3-1-2-4/h7H,2-5H2,1H3;1-4H2;3,5H,2H2,1H3;4H,1-2H2. The van der Waals surface area contributed by atoms with Crippen molar-refractivity contribution in [3.05, 3.63) is 0 Å². The minimum absolute atomic E-state index is 0.0000709. The minimum atomic E-state index is -0.350. The molecular weight excluding hydrogens is 363 g/mol. The summed E-state index contributed by atoms with van der Waals surface area (Å²) in [6, 6.07) is 0. The van der Waals surface area contributed by atoms with Crippen LogP contribution in [0.4, 0.5) is 0 Å². The van der Waals surface area contributed by atoms with Crippen molar-refractivity contribution in [2.24, 2.45) is 0 Å². The van der Waals surface area contributed by atoms with Crippen LogP contribution in [0, 0.1) is 0 Å². The van der Waals surface area contributed by atoms with Crippen LogP contribution in [0.5, 0.6) is 0 Å². The lowest BCUT2D eigenvalue weighted by atomic mass is 10.4. The zero-order valence-electron chi connectivity index (χ0n) is 14.6. The third-order valence-corrected chi connectivity index (χ3v) is 2.52. The van der Waals surface area contributed by atoms with E-state index in [1.54, 1.807) is 6.92 Å². The number of aliphatic hydroxyl groups excluding tert-OH is 3. The maximum atomic E-state index is 10.1. The number of carbonyl (C=O) groups excluding carboxylic acids is 1. The van der Waals surface area contributed by atoms with E-state index in [1.807, 2.05) is 0 Å². The van der Waals surface area contributed by atoms with Crippen LogP contribution in [-0.2, 0) is 19.0 Å². The van der Waals surface area contributed by atoms with Crippen molar-refractivity contribution in [1.82, 2.24) is 0 Å². The van der Waals surface area contributed by atoms with Crippen molar-refractivity contribution >= 4 is 29.2 Å². The molecule has 0 amide bonds. The average Bonchev–Trinajstić information content (AvgIpc) is 3.15. The number of aliphatic hydroxyl groups is 3. The SMILES string of the molecule is C1CCOC1.CC(=O)OCCOCCO.CC(O)CCl.OCCCl. The summed E-state index contributed by atoms with van der Waals surface area (Å²) in [6.07, 6.45) is 2.21. The van der Waals surface area contributed by atoms with Gasteiger partial charge < -0.3 is 29.5 Å². The van der Waals surface area contributed by atoms with Gasteiger partial charge in [-0.2, -0.15) is 0 Å². The summed E-state index contributed by atoms with van der Waals surface area (Å²) in [6.45, 7) is 5.97. The highest BCUT2D eigenvalue weighted by atomic mass is 35.5. The van der Waals surface area contributed by atoms with E-state index in [9.17, 15) is 4.79 Å². The van der Waals surface area contributed by atoms with Crippen molar-refractivity contribution < 1.29 is 34.3 Å². The molecule has 1 aliphatic heterocycles. The molecule has 0 saturated carbocycles. The fraction of sp³-hybridized carbons (Fsp3) is 0.933. The number of ether oxygens (including phenoxy) is 3. The molecule has 1 rings (SSSR count). The van der Waals surface area contributed by atoms with Gasteiger partial charge >= 0.3 is 5.97 Å². The van der Waals surface area contributed by atoms with E-state index >= 15 is 0 Å². The lowest BCUT2D eigenvalue weighted by Gasteiger charge is -2.01. The van der Waals surface area contributed by atoms with Gasteiger partial charge in [-0.15, -0.1) is 23.2 Å². The Morgan fingerprint density at radius 3 is 1.88 bits per heavy atom. The van der Waals surface area contributed by atoms with Gasteiger partial charge in [0, 0.05) is 31.9 Å². The third kappa shape index (κ3) is 43.1. The van der Waals surface area contributed by atoms with Gasteiger partial charge in [-0.25, -0.2) is 0 Å². The van der Waals surface area contributed by atoms with Crippen molar-refractivity contribution in [3.8, 4) is 0 Å². The summed E-state index contributed by atoms with van der Waals surface area (Å²) in [7, 11) is 0. The highest BCUT2D eigenvalue weighted by molar-refractivity contribution is 6.18. The molecule has 1 saturated heterocycles. The van der Waals surface area contributed by atoms with Crippen LogP contribution < -0.4 is 0 Å². The first-order chi connectivity index (χ1) is 11.5. The first-order valence-corrected chi connectivity index (χ1v) is 8.83.